The predicted octanol–water partition coefficient (Wildman–Crippen LogP) is 4.80. The highest BCUT2D eigenvalue weighted by Gasteiger charge is 2.13. The number of rotatable bonds is 3. The summed E-state index contributed by atoms with van der Waals surface area (Å²) >= 11 is 3.46. The molecule has 8 heteroatoms. The lowest BCUT2D eigenvalue weighted by Gasteiger charge is -2.04. The molecule has 0 aliphatic carbocycles. The van der Waals surface area contributed by atoms with Gasteiger partial charge in [0, 0.05) is 21.8 Å². The van der Waals surface area contributed by atoms with Gasteiger partial charge < -0.3 is 9.63 Å². The van der Waals surface area contributed by atoms with E-state index in [0.29, 0.717) is 11.5 Å². The number of carboxylic acid groups (broad SMARTS) is 1. The summed E-state index contributed by atoms with van der Waals surface area (Å²) in [5, 5.41) is 15.9. The summed E-state index contributed by atoms with van der Waals surface area (Å²) in [5.74, 6) is 0.675. The summed E-state index contributed by atoms with van der Waals surface area (Å²) in [5.41, 5.74) is 3.01. The lowest BCUT2D eigenvalue weighted by Crippen LogP contribution is -2.10. The minimum atomic E-state index is -1.21. The van der Waals surface area contributed by atoms with Crippen molar-refractivity contribution in [2.45, 2.75) is 0 Å². The van der Waals surface area contributed by atoms with E-state index in [1.165, 1.54) is 6.20 Å². The van der Waals surface area contributed by atoms with Gasteiger partial charge in [-0.25, -0.2) is 14.8 Å². The van der Waals surface area contributed by atoms with Crippen LogP contribution in [0, 0.1) is 0 Å². The first kappa shape index (κ1) is 16.2. The van der Waals surface area contributed by atoms with Crippen LogP contribution in [0.25, 0.3) is 33.5 Å². The summed E-state index contributed by atoms with van der Waals surface area (Å²) in [6, 6.07) is 15.1. The molecule has 0 fully saturated rings. The van der Waals surface area contributed by atoms with Crippen LogP contribution in [-0.4, -0.2) is 26.3 Å². The summed E-state index contributed by atoms with van der Waals surface area (Å²) < 4.78 is 6.47. The van der Waals surface area contributed by atoms with Crippen molar-refractivity contribution in [2.75, 3.05) is 5.32 Å². The van der Waals surface area contributed by atoms with Crippen LogP contribution in [-0.2, 0) is 0 Å². The van der Waals surface area contributed by atoms with Gasteiger partial charge in [0.05, 0.1) is 11.1 Å². The molecule has 7 nitrogen and oxygen atoms in total. The maximum absolute atomic E-state index is 10.8. The number of anilines is 1. The molecule has 0 aliphatic heterocycles. The van der Waals surface area contributed by atoms with Crippen molar-refractivity contribution in [1.82, 2.24) is 15.1 Å². The van der Waals surface area contributed by atoms with E-state index >= 15 is 0 Å². The fraction of sp³-hybridized carbons (Fsp3) is 0. The predicted molar refractivity (Wildman–Crippen MR) is 99.8 cm³/mol. The molecule has 2 aromatic heterocycles. The van der Waals surface area contributed by atoms with Crippen molar-refractivity contribution in [3.05, 3.63) is 59.2 Å². The van der Waals surface area contributed by atoms with Gasteiger partial charge >= 0.3 is 6.09 Å². The van der Waals surface area contributed by atoms with E-state index in [1.807, 2.05) is 42.5 Å². The van der Waals surface area contributed by atoms with E-state index < -0.39 is 6.09 Å². The SMILES string of the molecule is O=C(O)Nc1nccc(-c2ccc3noc(-c4cccc(Br)c4)c3c2)n1. The largest absolute Gasteiger partial charge is 0.465 e. The Kier molecular flexibility index (Phi) is 4.10. The number of benzene rings is 2. The second kappa shape index (κ2) is 6.57. The number of nitrogens with zero attached hydrogens (tertiary/aromatic N) is 3. The highest BCUT2D eigenvalue weighted by atomic mass is 79.9. The molecule has 0 aliphatic rings. The topological polar surface area (TPSA) is 101 Å². The van der Waals surface area contributed by atoms with Crippen LogP contribution in [0.3, 0.4) is 0 Å². The monoisotopic (exact) mass is 410 g/mol. The average Bonchev–Trinajstić information content (AvgIpc) is 3.04. The van der Waals surface area contributed by atoms with Gasteiger partial charge in [-0.2, -0.15) is 0 Å². The average molecular weight is 411 g/mol. The van der Waals surface area contributed by atoms with Gasteiger partial charge in [0.15, 0.2) is 5.76 Å². The van der Waals surface area contributed by atoms with E-state index in [-0.39, 0.29) is 5.95 Å². The molecular formula is C18H11BrN4O3. The zero-order valence-corrected chi connectivity index (χ0v) is 14.8. The number of halogens is 1. The Bertz CT molecular complexity index is 1130. The molecule has 0 radical (unpaired) electrons. The minimum absolute atomic E-state index is 0.0210. The van der Waals surface area contributed by atoms with E-state index in [0.717, 1.165) is 26.5 Å². The van der Waals surface area contributed by atoms with Crippen molar-refractivity contribution in [1.29, 1.82) is 0 Å². The molecule has 0 saturated carbocycles. The normalized spacial score (nSPS) is 10.8. The van der Waals surface area contributed by atoms with Crippen LogP contribution < -0.4 is 5.32 Å². The Labute approximate surface area is 155 Å². The van der Waals surface area contributed by atoms with Gasteiger partial charge in [-0.05, 0) is 30.3 Å². The van der Waals surface area contributed by atoms with Crippen molar-refractivity contribution < 1.29 is 14.4 Å². The first-order valence-corrected chi connectivity index (χ1v) is 8.38. The fourth-order valence-electron chi connectivity index (χ4n) is 2.61. The molecule has 26 heavy (non-hydrogen) atoms. The molecule has 2 aromatic carbocycles. The smallest absolute Gasteiger partial charge is 0.411 e. The van der Waals surface area contributed by atoms with Gasteiger partial charge in [-0.1, -0.05) is 39.3 Å². The van der Waals surface area contributed by atoms with E-state index in [1.54, 1.807) is 6.07 Å². The molecule has 128 valence electrons. The first-order valence-electron chi connectivity index (χ1n) is 7.59. The Hall–Kier alpha value is -3.26. The number of hydrogen-bond donors (Lipinski definition) is 2. The van der Waals surface area contributed by atoms with Crippen molar-refractivity contribution in [3.63, 3.8) is 0 Å². The van der Waals surface area contributed by atoms with Gasteiger partial charge in [0.1, 0.15) is 5.52 Å². The number of hydrogen-bond acceptors (Lipinski definition) is 5. The summed E-state index contributed by atoms with van der Waals surface area (Å²) in [7, 11) is 0. The highest BCUT2D eigenvalue weighted by Crippen LogP contribution is 2.32. The molecule has 4 aromatic rings. The second-order valence-corrected chi connectivity index (χ2v) is 6.37. The standard InChI is InChI=1S/C18H11BrN4O3/c19-12-3-1-2-11(8-12)16-13-9-10(4-5-15(13)23-26-16)14-6-7-20-17(21-14)22-18(24)25/h1-9H,(H,24,25)(H,20,21,22). The van der Waals surface area contributed by atoms with E-state index in [4.69, 9.17) is 9.63 Å². The molecule has 0 bridgehead atoms. The van der Waals surface area contributed by atoms with E-state index in [2.05, 4.69) is 36.4 Å². The molecule has 1 amide bonds. The lowest BCUT2D eigenvalue weighted by atomic mass is 10.0. The molecule has 2 N–H and O–H groups in total. The number of aromatic nitrogens is 3. The molecule has 2 heterocycles. The van der Waals surface area contributed by atoms with Crippen molar-refractivity contribution >= 4 is 38.9 Å². The van der Waals surface area contributed by atoms with Crippen molar-refractivity contribution in [3.8, 4) is 22.6 Å². The molecule has 0 spiro atoms. The molecule has 4 rings (SSSR count). The van der Waals surface area contributed by atoms with Crippen LogP contribution in [0.2, 0.25) is 0 Å². The second-order valence-electron chi connectivity index (χ2n) is 5.45. The van der Waals surface area contributed by atoms with Crippen molar-refractivity contribution in [2.24, 2.45) is 0 Å². The Morgan fingerprint density at radius 1 is 1.12 bits per heavy atom. The van der Waals surface area contributed by atoms with Gasteiger partial charge in [-0.3, -0.25) is 5.32 Å². The Balaban J connectivity index is 1.81. The third kappa shape index (κ3) is 3.14. The lowest BCUT2D eigenvalue weighted by molar-refractivity contribution is 0.209. The quantitative estimate of drug-likeness (QED) is 0.502. The Morgan fingerprint density at radius 3 is 2.81 bits per heavy atom. The number of nitrogens with one attached hydrogen (secondary N) is 1. The molecular weight excluding hydrogens is 400 g/mol. The minimum Gasteiger partial charge on any atom is -0.465 e. The first-order chi connectivity index (χ1) is 12.6. The zero-order valence-electron chi connectivity index (χ0n) is 13.2. The third-order valence-electron chi connectivity index (χ3n) is 3.73. The van der Waals surface area contributed by atoms with Crippen LogP contribution in [0.5, 0.6) is 0 Å². The van der Waals surface area contributed by atoms with Crippen LogP contribution >= 0.6 is 15.9 Å². The Morgan fingerprint density at radius 2 is 2.00 bits per heavy atom. The van der Waals surface area contributed by atoms with Crippen LogP contribution in [0.1, 0.15) is 0 Å². The summed E-state index contributed by atoms with van der Waals surface area (Å²) in [6.07, 6.45) is 0.286. The van der Waals surface area contributed by atoms with E-state index in [9.17, 15) is 4.79 Å². The molecule has 0 saturated heterocycles. The summed E-state index contributed by atoms with van der Waals surface area (Å²) in [4.78, 5) is 18.9. The maximum Gasteiger partial charge on any atom is 0.411 e. The molecule has 0 unspecified atom stereocenters. The van der Waals surface area contributed by atoms with Gasteiger partial charge in [0.2, 0.25) is 5.95 Å². The van der Waals surface area contributed by atoms with Gasteiger partial charge in [-0.15, -0.1) is 0 Å². The number of amides is 1. The van der Waals surface area contributed by atoms with Crippen LogP contribution in [0.15, 0.2) is 63.7 Å². The molecule has 0 atom stereocenters. The maximum atomic E-state index is 10.8. The summed E-state index contributed by atoms with van der Waals surface area (Å²) in [6.45, 7) is 0. The fourth-order valence-corrected chi connectivity index (χ4v) is 3.01. The third-order valence-corrected chi connectivity index (χ3v) is 4.23. The van der Waals surface area contributed by atoms with Crippen LogP contribution in [0.4, 0.5) is 10.7 Å². The number of carbonyl (C=O) groups is 1. The van der Waals surface area contributed by atoms with Gasteiger partial charge in [0.25, 0.3) is 0 Å². The number of fused-ring (bicyclic) bond motifs is 1. The highest BCUT2D eigenvalue weighted by molar-refractivity contribution is 9.10. The zero-order chi connectivity index (χ0) is 18.1.